The Hall–Kier alpha value is -4.10. The van der Waals surface area contributed by atoms with E-state index in [0.29, 0.717) is 28.8 Å². The summed E-state index contributed by atoms with van der Waals surface area (Å²) in [5.74, 6) is 1.45. The van der Waals surface area contributed by atoms with Crippen molar-refractivity contribution in [2.24, 2.45) is 0 Å². The van der Waals surface area contributed by atoms with Crippen LogP contribution in [0.4, 0.5) is 5.69 Å². The number of fused-ring (bicyclic) bond motifs is 1. The lowest BCUT2D eigenvalue weighted by atomic mass is 10.1. The number of carbonyl (C=O) groups excluding carboxylic acids is 1. The fraction of sp³-hybridized carbons (Fsp3) is 0.0400. The number of hydrogen-bond donors (Lipinski definition) is 1. The zero-order valence-corrected chi connectivity index (χ0v) is 18.0. The van der Waals surface area contributed by atoms with Crippen molar-refractivity contribution < 1.29 is 9.53 Å². The molecule has 0 spiro atoms. The number of thiophene rings is 1. The molecule has 7 heteroatoms. The molecule has 0 saturated carbocycles. The van der Waals surface area contributed by atoms with Crippen LogP contribution in [-0.4, -0.2) is 20.9 Å². The van der Waals surface area contributed by atoms with Crippen LogP contribution in [0, 0.1) is 0 Å². The van der Waals surface area contributed by atoms with Crippen molar-refractivity contribution in [3.05, 3.63) is 84.4 Å². The molecule has 1 N–H and O–H groups in total. The van der Waals surface area contributed by atoms with Crippen molar-refractivity contribution in [2.45, 2.75) is 6.92 Å². The Morgan fingerprint density at radius 3 is 2.44 bits per heavy atom. The van der Waals surface area contributed by atoms with Gasteiger partial charge in [-0.05, 0) is 42.0 Å². The SMILES string of the molecule is CC(=O)Nc1ccc(Oc2nc(-c3ccccn3)nc3scc(-c4ccccc4)c23)cc1. The molecule has 32 heavy (non-hydrogen) atoms. The third-order valence-electron chi connectivity index (χ3n) is 4.77. The van der Waals surface area contributed by atoms with Crippen molar-refractivity contribution in [1.82, 2.24) is 15.0 Å². The number of amides is 1. The van der Waals surface area contributed by atoms with Crippen LogP contribution in [0.1, 0.15) is 6.92 Å². The molecule has 0 bridgehead atoms. The molecule has 0 atom stereocenters. The van der Waals surface area contributed by atoms with Gasteiger partial charge in [-0.1, -0.05) is 36.4 Å². The number of nitrogens with one attached hydrogen (secondary N) is 1. The van der Waals surface area contributed by atoms with Crippen LogP contribution < -0.4 is 10.1 Å². The molecule has 5 aromatic rings. The predicted molar refractivity (Wildman–Crippen MR) is 127 cm³/mol. The van der Waals surface area contributed by atoms with Gasteiger partial charge >= 0.3 is 0 Å². The Morgan fingerprint density at radius 1 is 0.938 bits per heavy atom. The lowest BCUT2D eigenvalue weighted by Crippen LogP contribution is -2.05. The van der Waals surface area contributed by atoms with Crippen molar-refractivity contribution in [3.63, 3.8) is 0 Å². The monoisotopic (exact) mass is 438 g/mol. The summed E-state index contributed by atoms with van der Waals surface area (Å²) >= 11 is 1.55. The summed E-state index contributed by atoms with van der Waals surface area (Å²) in [5, 5.41) is 5.68. The summed E-state index contributed by atoms with van der Waals surface area (Å²) in [7, 11) is 0. The van der Waals surface area contributed by atoms with E-state index in [2.05, 4.69) is 27.8 Å². The van der Waals surface area contributed by atoms with E-state index in [-0.39, 0.29) is 5.91 Å². The van der Waals surface area contributed by atoms with Gasteiger partial charge in [-0.2, -0.15) is 4.98 Å². The average molecular weight is 439 g/mol. The molecule has 0 saturated heterocycles. The van der Waals surface area contributed by atoms with Gasteiger partial charge in [0.05, 0.1) is 5.39 Å². The van der Waals surface area contributed by atoms with Gasteiger partial charge in [0, 0.05) is 29.8 Å². The van der Waals surface area contributed by atoms with Crippen molar-refractivity contribution >= 4 is 33.1 Å². The van der Waals surface area contributed by atoms with Crippen LogP contribution in [0.3, 0.4) is 0 Å². The van der Waals surface area contributed by atoms with Gasteiger partial charge in [-0.15, -0.1) is 11.3 Å². The van der Waals surface area contributed by atoms with E-state index in [1.54, 1.807) is 41.8 Å². The molecule has 1 amide bonds. The highest BCUT2D eigenvalue weighted by atomic mass is 32.1. The lowest BCUT2D eigenvalue weighted by Gasteiger charge is -2.10. The quantitative estimate of drug-likeness (QED) is 0.355. The largest absolute Gasteiger partial charge is 0.438 e. The molecule has 156 valence electrons. The first kappa shape index (κ1) is 19.8. The van der Waals surface area contributed by atoms with E-state index < -0.39 is 0 Å². The average Bonchev–Trinajstić information content (AvgIpc) is 3.26. The van der Waals surface area contributed by atoms with Gasteiger partial charge in [-0.25, -0.2) is 4.98 Å². The van der Waals surface area contributed by atoms with Gasteiger partial charge in [0.2, 0.25) is 11.8 Å². The lowest BCUT2D eigenvalue weighted by molar-refractivity contribution is -0.114. The maximum atomic E-state index is 11.3. The number of carbonyl (C=O) groups is 1. The molecule has 3 heterocycles. The maximum Gasteiger partial charge on any atom is 0.232 e. The summed E-state index contributed by atoms with van der Waals surface area (Å²) in [6, 6.07) is 22.9. The molecular weight excluding hydrogens is 420 g/mol. The molecule has 0 aliphatic rings. The number of hydrogen-bond acceptors (Lipinski definition) is 6. The van der Waals surface area contributed by atoms with Crippen molar-refractivity contribution in [2.75, 3.05) is 5.32 Å². The normalized spacial score (nSPS) is 10.8. The summed E-state index contributed by atoms with van der Waals surface area (Å²) in [6.07, 6.45) is 1.72. The second-order valence-electron chi connectivity index (χ2n) is 7.07. The van der Waals surface area contributed by atoms with Crippen molar-refractivity contribution in [1.29, 1.82) is 0 Å². The van der Waals surface area contributed by atoms with Crippen LogP contribution in [-0.2, 0) is 4.79 Å². The van der Waals surface area contributed by atoms with Crippen molar-refractivity contribution in [3.8, 4) is 34.3 Å². The minimum absolute atomic E-state index is 0.123. The van der Waals surface area contributed by atoms with E-state index in [4.69, 9.17) is 14.7 Å². The van der Waals surface area contributed by atoms with Crippen LogP contribution in [0.2, 0.25) is 0 Å². The second kappa shape index (κ2) is 8.56. The highest BCUT2D eigenvalue weighted by Crippen LogP contribution is 2.40. The first-order valence-corrected chi connectivity index (χ1v) is 10.9. The molecule has 0 aliphatic carbocycles. The molecule has 6 nitrogen and oxygen atoms in total. The zero-order valence-electron chi connectivity index (χ0n) is 17.1. The third-order valence-corrected chi connectivity index (χ3v) is 5.64. The molecular formula is C25H18N4O2S. The molecule has 0 fully saturated rings. The van der Waals surface area contributed by atoms with E-state index in [1.807, 2.05) is 36.4 Å². The van der Waals surface area contributed by atoms with Crippen LogP contribution in [0.5, 0.6) is 11.6 Å². The summed E-state index contributed by atoms with van der Waals surface area (Å²) in [4.78, 5) is 26.0. The number of anilines is 1. The highest BCUT2D eigenvalue weighted by Gasteiger charge is 2.18. The Morgan fingerprint density at radius 2 is 1.72 bits per heavy atom. The summed E-state index contributed by atoms with van der Waals surface area (Å²) < 4.78 is 6.25. The third kappa shape index (κ3) is 4.06. The molecule has 2 aromatic carbocycles. The van der Waals surface area contributed by atoms with E-state index in [9.17, 15) is 4.79 Å². The van der Waals surface area contributed by atoms with E-state index >= 15 is 0 Å². The minimum atomic E-state index is -0.123. The second-order valence-corrected chi connectivity index (χ2v) is 7.93. The van der Waals surface area contributed by atoms with Gasteiger partial charge in [0.25, 0.3) is 0 Å². The van der Waals surface area contributed by atoms with E-state index in [1.165, 1.54) is 6.92 Å². The van der Waals surface area contributed by atoms with Crippen LogP contribution in [0.25, 0.3) is 32.9 Å². The first-order chi connectivity index (χ1) is 15.7. The summed E-state index contributed by atoms with van der Waals surface area (Å²) in [6.45, 7) is 1.48. The molecule has 0 unspecified atom stereocenters. The zero-order chi connectivity index (χ0) is 21.9. The topological polar surface area (TPSA) is 77.0 Å². The Bertz CT molecular complexity index is 1380. The number of pyridine rings is 1. The number of aromatic nitrogens is 3. The van der Waals surface area contributed by atoms with Gasteiger partial charge < -0.3 is 10.1 Å². The fourth-order valence-corrected chi connectivity index (χ4v) is 4.28. The Labute approximate surface area is 188 Å². The van der Waals surface area contributed by atoms with E-state index in [0.717, 1.165) is 21.3 Å². The number of ether oxygens (including phenoxy) is 1. The summed E-state index contributed by atoms with van der Waals surface area (Å²) in [5.41, 5.74) is 3.46. The molecule has 3 aromatic heterocycles. The first-order valence-electron chi connectivity index (χ1n) is 9.99. The Balaban J connectivity index is 1.62. The highest BCUT2D eigenvalue weighted by molar-refractivity contribution is 7.17. The molecule has 0 radical (unpaired) electrons. The maximum absolute atomic E-state index is 11.3. The van der Waals surface area contributed by atoms with Crippen LogP contribution in [0.15, 0.2) is 84.4 Å². The fourth-order valence-electron chi connectivity index (χ4n) is 3.34. The van der Waals surface area contributed by atoms with Gasteiger partial charge in [0.15, 0.2) is 5.82 Å². The molecule has 5 rings (SSSR count). The van der Waals surface area contributed by atoms with Crippen LogP contribution >= 0.6 is 11.3 Å². The van der Waals surface area contributed by atoms with Gasteiger partial charge in [-0.3, -0.25) is 9.78 Å². The standard InChI is InChI=1S/C25H18N4O2S/c1-16(30)27-18-10-12-19(13-11-18)31-24-22-20(17-7-3-2-4-8-17)15-32-25(22)29-23(28-24)21-9-5-6-14-26-21/h2-15H,1H3,(H,27,30). The molecule has 0 aliphatic heterocycles. The van der Waals surface area contributed by atoms with Gasteiger partial charge in [0.1, 0.15) is 16.3 Å². The number of benzene rings is 2. The predicted octanol–water partition coefficient (Wildman–Crippen LogP) is 6.17. The smallest absolute Gasteiger partial charge is 0.232 e. The number of rotatable bonds is 5. The number of nitrogens with zero attached hydrogens (tertiary/aromatic N) is 3. The minimum Gasteiger partial charge on any atom is -0.438 e. The Kier molecular flexibility index (Phi) is 5.31.